The van der Waals surface area contributed by atoms with Crippen molar-refractivity contribution < 1.29 is 5.11 Å². The fourth-order valence-corrected chi connectivity index (χ4v) is 1.44. The summed E-state index contributed by atoms with van der Waals surface area (Å²) >= 11 is 11.5. The standard InChI is InChI=1S/C8H9Cl2NO.ClH/c9-6-1-5(8(11)4-12)2-7(10)3-6;/h1-3,8,12H,4,11H2;1H/t8-;/m1./s1. The van der Waals surface area contributed by atoms with E-state index in [2.05, 4.69) is 0 Å². The Labute approximate surface area is 93.1 Å². The number of halogens is 3. The summed E-state index contributed by atoms with van der Waals surface area (Å²) in [7, 11) is 0. The van der Waals surface area contributed by atoms with Crippen molar-refractivity contribution >= 4 is 35.6 Å². The molecule has 0 aromatic heterocycles. The van der Waals surface area contributed by atoms with E-state index in [1.807, 2.05) is 0 Å². The van der Waals surface area contributed by atoms with Gasteiger partial charge in [0.1, 0.15) is 0 Å². The summed E-state index contributed by atoms with van der Waals surface area (Å²) in [6, 6.07) is 4.58. The van der Waals surface area contributed by atoms with Crippen LogP contribution in [-0.2, 0) is 0 Å². The van der Waals surface area contributed by atoms with Crippen molar-refractivity contribution in [3.8, 4) is 0 Å². The highest BCUT2D eigenvalue weighted by Gasteiger charge is 2.05. The topological polar surface area (TPSA) is 46.2 Å². The molecular weight excluding hydrogens is 232 g/mol. The van der Waals surface area contributed by atoms with Crippen molar-refractivity contribution in [1.82, 2.24) is 0 Å². The number of benzene rings is 1. The molecule has 1 aromatic rings. The van der Waals surface area contributed by atoms with E-state index in [-0.39, 0.29) is 19.0 Å². The van der Waals surface area contributed by atoms with Crippen molar-refractivity contribution in [1.29, 1.82) is 0 Å². The molecule has 0 amide bonds. The van der Waals surface area contributed by atoms with E-state index in [0.29, 0.717) is 10.0 Å². The van der Waals surface area contributed by atoms with Crippen molar-refractivity contribution in [2.24, 2.45) is 5.73 Å². The molecule has 3 N–H and O–H groups in total. The van der Waals surface area contributed by atoms with Crippen LogP contribution in [-0.4, -0.2) is 11.7 Å². The van der Waals surface area contributed by atoms with Crippen LogP contribution in [0.3, 0.4) is 0 Å². The van der Waals surface area contributed by atoms with Crippen molar-refractivity contribution in [3.05, 3.63) is 33.8 Å². The SMILES string of the molecule is Cl.N[C@H](CO)c1cc(Cl)cc(Cl)c1. The van der Waals surface area contributed by atoms with Crippen LogP contribution in [0.25, 0.3) is 0 Å². The molecule has 0 spiro atoms. The van der Waals surface area contributed by atoms with E-state index in [0.717, 1.165) is 5.56 Å². The zero-order chi connectivity index (χ0) is 9.14. The van der Waals surface area contributed by atoms with E-state index in [9.17, 15) is 0 Å². The lowest BCUT2D eigenvalue weighted by molar-refractivity contribution is 0.268. The molecular formula is C8H10Cl3NO. The van der Waals surface area contributed by atoms with Crippen LogP contribution in [0.5, 0.6) is 0 Å². The van der Waals surface area contributed by atoms with Crippen molar-refractivity contribution in [2.75, 3.05) is 6.61 Å². The number of hydrogen-bond acceptors (Lipinski definition) is 2. The van der Waals surface area contributed by atoms with Gasteiger partial charge >= 0.3 is 0 Å². The lowest BCUT2D eigenvalue weighted by Crippen LogP contribution is -2.14. The van der Waals surface area contributed by atoms with Crippen molar-refractivity contribution in [3.63, 3.8) is 0 Å². The van der Waals surface area contributed by atoms with Gasteiger partial charge in [0.05, 0.1) is 12.6 Å². The molecule has 1 aromatic carbocycles. The summed E-state index contributed by atoms with van der Waals surface area (Å²) in [5.41, 5.74) is 6.31. The minimum absolute atomic E-state index is 0. The van der Waals surface area contributed by atoms with Gasteiger partial charge in [-0.25, -0.2) is 0 Å². The molecule has 1 rings (SSSR count). The highest BCUT2D eigenvalue weighted by molar-refractivity contribution is 6.34. The van der Waals surface area contributed by atoms with Gasteiger partial charge in [0.2, 0.25) is 0 Å². The molecule has 0 saturated carbocycles. The minimum Gasteiger partial charge on any atom is -0.394 e. The van der Waals surface area contributed by atoms with Gasteiger partial charge < -0.3 is 10.8 Å². The number of aliphatic hydroxyl groups excluding tert-OH is 1. The summed E-state index contributed by atoms with van der Waals surface area (Å²) in [6.07, 6.45) is 0. The van der Waals surface area contributed by atoms with E-state index >= 15 is 0 Å². The highest BCUT2D eigenvalue weighted by atomic mass is 35.5. The number of aliphatic hydroxyl groups is 1. The molecule has 0 fully saturated rings. The summed E-state index contributed by atoms with van der Waals surface area (Å²) < 4.78 is 0. The normalized spacial score (nSPS) is 12.0. The van der Waals surface area contributed by atoms with Crippen LogP contribution in [0.2, 0.25) is 10.0 Å². The van der Waals surface area contributed by atoms with E-state index in [4.69, 9.17) is 34.0 Å². The van der Waals surface area contributed by atoms with Crippen LogP contribution in [0.15, 0.2) is 18.2 Å². The lowest BCUT2D eigenvalue weighted by Gasteiger charge is -2.08. The molecule has 13 heavy (non-hydrogen) atoms. The zero-order valence-corrected chi connectivity index (χ0v) is 9.03. The van der Waals surface area contributed by atoms with Crippen LogP contribution in [0.4, 0.5) is 0 Å². The highest BCUT2D eigenvalue weighted by Crippen LogP contribution is 2.22. The first kappa shape index (κ1) is 13.0. The quantitative estimate of drug-likeness (QED) is 0.837. The van der Waals surface area contributed by atoms with Gasteiger partial charge in [-0.05, 0) is 23.8 Å². The Balaban J connectivity index is 0.00000144. The summed E-state index contributed by atoms with van der Waals surface area (Å²) in [5, 5.41) is 9.82. The minimum atomic E-state index is -0.416. The largest absolute Gasteiger partial charge is 0.394 e. The summed E-state index contributed by atoms with van der Waals surface area (Å²) in [4.78, 5) is 0. The maximum absolute atomic E-state index is 8.76. The van der Waals surface area contributed by atoms with Gasteiger partial charge in [0.15, 0.2) is 0 Å². The predicted octanol–water partition coefficient (Wildman–Crippen LogP) is 2.41. The van der Waals surface area contributed by atoms with E-state index in [1.54, 1.807) is 18.2 Å². The smallest absolute Gasteiger partial charge is 0.0624 e. The Morgan fingerprint density at radius 3 is 2.08 bits per heavy atom. The Morgan fingerprint density at radius 1 is 1.23 bits per heavy atom. The third-order valence-electron chi connectivity index (χ3n) is 1.51. The summed E-state index contributed by atoms with van der Waals surface area (Å²) in [5.74, 6) is 0. The number of hydrogen-bond donors (Lipinski definition) is 2. The molecule has 0 aliphatic heterocycles. The Bertz CT molecular complexity index is 260. The van der Waals surface area contributed by atoms with Gasteiger partial charge in [-0.2, -0.15) is 0 Å². The van der Waals surface area contributed by atoms with E-state index in [1.165, 1.54) is 0 Å². The molecule has 0 unspecified atom stereocenters. The molecule has 0 aliphatic rings. The summed E-state index contributed by atoms with van der Waals surface area (Å²) in [6.45, 7) is -0.114. The van der Waals surface area contributed by atoms with Gasteiger partial charge in [0, 0.05) is 10.0 Å². The lowest BCUT2D eigenvalue weighted by atomic mass is 10.1. The zero-order valence-electron chi connectivity index (χ0n) is 6.71. The molecule has 0 bridgehead atoms. The number of rotatable bonds is 2. The second-order valence-corrected chi connectivity index (χ2v) is 3.36. The first-order valence-electron chi connectivity index (χ1n) is 3.46. The fourth-order valence-electron chi connectivity index (χ4n) is 0.895. The van der Waals surface area contributed by atoms with Crippen LogP contribution >= 0.6 is 35.6 Å². The predicted molar refractivity (Wildman–Crippen MR) is 57.7 cm³/mol. The molecule has 2 nitrogen and oxygen atoms in total. The number of nitrogens with two attached hydrogens (primary N) is 1. The molecule has 1 atom stereocenters. The van der Waals surface area contributed by atoms with Crippen LogP contribution in [0.1, 0.15) is 11.6 Å². The fraction of sp³-hybridized carbons (Fsp3) is 0.250. The maximum atomic E-state index is 8.76. The molecule has 74 valence electrons. The van der Waals surface area contributed by atoms with Crippen LogP contribution < -0.4 is 5.73 Å². The van der Waals surface area contributed by atoms with E-state index < -0.39 is 6.04 Å². The molecule has 0 radical (unpaired) electrons. The van der Waals surface area contributed by atoms with Gasteiger partial charge in [-0.1, -0.05) is 23.2 Å². The maximum Gasteiger partial charge on any atom is 0.0624 e. The Kier molecular flexibility index (Phi) is 5.68. The van der Waals surface area contributed by atoms with Gasteiger partial charge in [-0.3, -0.25) is 0 Å². The van der Waals surface area contributed by atoms with Crippen LogP contribution in [0, 0.1) is 0 Å². The molecule has 0 aliphatic carbocycles. The second-order valence-electron chi connectivity index (χ2n) is 2.49. The van der Waals surface area contributed by atoms with Gasteiger partial charge in [-0.15, -0.1) is 12.4 Å². The first-order chi connectivity index (χ1) is 5.63. The Morgan fingerprint density at radius 2 is 1.69 bits per heavy atom. The average Bonchev–Trinajstić information content (AvgIpc) is 2.01. The third-order valence-corrected chi connectivity index (χ3v) is 1.95. The van der Waals surface area contributed by atoms with Gasteiger partial charge in [0.25, 0.3) is 0 Å². The Hall–Kier alpha value is 0.01000. The monoisotopic (exact) mass is 241 g/mol. The molecule has 5 heteroatoms. The first-order valence-corrected chi connectivity index (χ1v) is 4.21. The average molecular weight is 243 g/mol. The second kappa shape index (κ2) is 5.68. The molecule has 0 saturated heterocycles. The molecule has 0 heterocycles. The third kappa shape index (κ3) is 3.71. The van der Waals surface area contributed by atoms with Crippen molar-refractivity contribution in [2.45, 2.75) is 6.04 Å².